The van der Waals surface area contributed by atoms with E-state index in [0.29, 0.717) is 6.61 Å². The third-order valence-electron chi connectivity index (χ3n) is 0.967. The van der Waals surface area contributed by atoms with Gasteiger partial charge in [0.05, 0.1) is 12.3 Å². The van der Waals surface area contributed by atoms with Crippen molar-refractivity contribution < 1.29 is 14.0 Å². The van der Waals surface area contributed by atoms with Crippen LogP contribution in [0.4, 0.5) is 0 Å². The SMILES string of the molecule is CCOP(=O)(O)C(C)C. The van der Waals surface area contributed by atoms with Gasteiger partial charge in [0.15, 0.2) is 0 Å². The predicted molar refractivity (Wildman–Crippen MR) is 36.6 cm³/mol. The van der Waals surface area contributed by atoms with E-state index in [1.165, 1.54) is 0 Å². The Hall–Kier alpha value is 0.150. The first-order valence-corrected chi connectivity index (χ1v) is 4.62. The highest BCUT2D eigenvalue weighted by Gasteiger charge is 2.22. The van der Waals surface area contributed by atoms with Crippen LogP contribution < -0.4 is 0 Å². The average molecular weight is 152 g/mol. The van der Waals surface area contributed by atoms with E-state index >= 15 is 0 Å². The average Bonchev–Trinajstić information content (AvgIpc) is 1.65. The minimum atomic E-state index is -3.26. The first kappa shape index (κ1) is 9.15. The molecule has 0 aliphatic carbocycles. The molecule has 0 aromatic carbocycles. The molecule has 0 radical (unpaired) electrons. The smallest absolute Gasteiger partial charge is 0.324 e. The monoisotopic (exact) mass is 152 g/mol. The molecule has 0 spiro atoms. The van der Waals surface area contributed by atoms with E-state index in [0.717, 1.165) is 0 Å². The first-order chi connectivity index (χ1) is 4.00. The van der Waals surface area contributed by atoms with E-state index < -0.39 is 7.60 Å². The molecule has 0 aliphatic rings. The zero-order chi connectivity index (χ0) is 7.49. The first-order valence-electron chi connectivity index (χ1n) is 2.97. The summed E-state index contributed by atoms with van der Waals surface area (Å²) in [6.45, 7) is 5.32. The van der Waals surface area contributed by atoms with Gasteiger partial charge in [-0.1, -0.05) is 13.8 Å². The van der Waals surface area contributed by atoms with Crippen molar-refractivity contribution in [2.75, 3.05) is 6.61 Å². The molecular weight excluding hydrogens is 139 g/mol. The van der Waals surface area contributed by atoms with Gasteiger partial charge in [-0.2, -0.15) is 0 Å². The molecule has 0 heterocycles. The highest BCUT2D eigenvalue weighted by molar-refractivity contribution is 7.53. The topological polar surface area (TPSA) is 46.5 Å². The third kappa shape index (κ3) is 2.99. The van der Waals surface area contributed by atoms with Gasteiger partial charge in [-0.15, -0.1) is 0 Å². The van der Waals surface area contributed by atoms with Crippen LogP contribution >= 0.6 is 7.60 Å². The maximum absolute atomic E-state index is 10.8. The number of hydrogen-bond acceptors (Lipinski definition) is 2. The van der Waals surface area contributed by atoms with Gasteiger partial charge in [0.2, 0.25) is 0 Å². The molecule has 0 aromatic rings. The van der Waals surface area contributed by atoms with Crippen molar-refractivity contribution in [2.24, 2.45) is 0 Å². The van der Waals surface area contributed by atoms with E-state index in [-0.39, 0.29) is 5.66 Å². The molecule has 0 saturated carbocycles. The molecule has 0 bridgehead atoms. The Morgan fingerprint density at radius 1 is 1.67 bits per heavy atom. The van der Waals surface area contributed by atoms with Gasteiger partial charge < -0.3 is 9.42 Å². The maximum atomic E-state index is 10.8. The normalized spacial score (nSPS) is 17.9. The van der Waals surface area contributed by atoms with Crippen molar-refractivity contribution in [3.05, 3.63) is 0 Å². The second-order valence-electron chi connectivity index (χ2n) is 2.08. The van der Waals surface area contributed by atoms with Crippen LogP contribution in [0.15, 0.2) is 0 Å². The summed E-state index contributed by atoms with van der Waals surface area (Å²) in [5.41, 5.74) is -0.294. The molecule has 4 heteroatoms. The molecule has 56 valence electrons. The Bertz CT molecular complexity index is 121. The maximum Gasteiger partial charge on any atom is 0.330 e. The van der Waals surface area contributed by atoms with Crippen LogP contribution in [0.25, 0.3) is 0 Å². The highest BCUT2D eigenvalue weighted by atomic mass is 31.2. The summed E-state index contributed by atoms with van der Waals surface area (Å²) < 4.78 is 15.4. The van der Waals surface area contributed by atoms with Gasteiger partial charge in [0.25, 0.3) is 0 Å². The Morgan fingerprint density at radius 3 is 2.22 bits per heavy atom. The largest absolute Gasteiger partial charge is 0.330 e. The molecule has 0 fully saturated rings. The van der Waals surface area contributed by atoms with E-state index in [1.54, 1.807) is 20.8 Å². The third-order valence-corrected chi connectivity index (χ3v) is 2.90. The number of hydrogen-bond donors (Lipinski definition) is 1. The lowest BCUT2D eigenvalue weighted by Gasteiger charge is -2.13. The lowest BCUT2D eigenvalue weighted by Crippen LogP contribution is -2.00. The van der Waals surface area contributed by atoms with Gasteiger partial charge in [-0.05, 0) is 6.92 Å². The second kappa shape index (κ2) is 3.35. The molecule has 0 aromatic heterocycles. The van der Waals surface area contributed by atoms with Crippen molar-refractivity contribution >= 4 is 7.60 Å². The van der Waals surface area contributed by atoms with Crippen molar-refractivity contribution in [2.45, 2.75) is 26.4 Å². The number of rotatable bonds is 3. The Labute approximate surface area is 55.6 Å². The van der Waals surface area contributed by atoms with Gasteiger partial charge in [-0.25, -0.2) is 0 Å². The summed E-state index contributed by atoms with van der Waals surface area (Å²) in [6, 6.07) is 0. The second-order valence-corrected chi connectivity index (χ2v) is 4.49. The lowest BCUT2D eigenvalue weighted by molar-refractivity contribution is 0.267. The summed E-state index contributed by atoms with van der Waals surface area (Å²) in [5.74, 6) is 0. The lowest BCUT2D eigenvalue weighted by atomic mass is 10.6. The van der Waals surface area contributed by atoms with Gasteiger partial charge in [-0.3, -0.25) is 4.57 Å². The highest BCUT2D eigenvalue weighted by Crippen LogP contribution is 2.46. The molecule has 0 saturated heterocycles. The van der Waals surface area contributed by atoms with Crippen LogP contribution in [0.2, 0.25) is 0 Å². The predicted octanol–water partition coefficient (Wildman–Crippen LogP) is 1.62. The van der Waals surface area contributed by atoms with Crippen LogP contribution in [0, 0.1) is 0 Å². The fraction of sp³-hybridized carbons (Fsp3) is 1.00. The fourth-order valence-corrected chi connectivity index (χ4v) is 1.00. The van der Waals surface area contributed by atoms with Crippen molar-refractivity contribution in [3.8, 4) is 0 Å². The Balaban J connectivity index is 3.87. The van der Waals surface area contributed by atoms with Crippen molar-refractivity contribution in [1.82, 2.24) is 0 Å². The zero-order valence-corrected chi connectivity index (χ0v) is 6.89. The Morgan fingerprint density at radius 2 is 2.11 bits per heavy atom. The van der Waals surface area contributed by atoms with E-state index in [4.69, 9.17) is 4.89 Å². The quantitative estimate of drug-likeness (QED) is 0.625. The Kier molecular flexibility index (Phi) is 3.41. The van der Waals surface area contributed by atoms with Gasteiger partial charge in [0.1, 0.15) is 0 Å². The van der Waals surface area contributed by atoms with Crippen LogP contribution in [0.1, 0.15) is 20.8 Å². The summed E-state index contributed by atoms with van der Waals surface area (Å²) in [7, 11) is -3.26. The van der Waals surface area contributed by atoms with Crippen LogP contribution in [-0.4, -0.2) is 17.2 Å². The molecule has 3 nitrogen and oxygen atoms in total. The summed E-state index contributed by atoms with van der Waals surface area (Å²) in [4.78, 5) is 8.93. The molecular formula is C5H13O3P. The molecule has 0 amide bonds. The summed E-state index contributed by atoms with van der Waals surface area (Å²) in [5, 5.41) is 0. The standard InChI is InChI=1S/C5H13O3P/c1-4-8-9(6,7)5(2)3/h5H,4H2,1-3H3,(H,6,7). The molecule has 1 unspecified atom stereocenters. The van der Waals surface area contributed by atoms with E-state index in [1.807, 2.05) is 0 Å². The molecule has 9 heavy (non-hydrogen) atoms. The van der Waals surface area contributed by atoms with Gasteiger partial charge >= 0.3 is 7.60 Å². The van der Waals surface area contributed by atoms with Crippen LogP contribution in [0.3, 0.4) is 0 Å². The minimum Gasteiger partial charge on any atom is -0.324 e. The molecule has 0 rings (SSSR count). The summed E-state index contributed by atoms with van der Waals surface area (Å²) in [6.07, 6.45) is 0. The minimum absolute atomic E-state index is 0.294. The molecule has 1 N–H and O–H groups in total. The van der Waals surface area contributed by atoms with E-state index in [2.05, 4.69) is 4.52 Å². The van der Waals surface area contributed by atoms with Crippen LogP contribution in [0.5, 0.6) is 0 Å². The molecule has 1 atom stereocenters. The van der Waals surface area contributed by atoms with Crippen molar-refractivity contribution in [1.29, 1.82) is 0 Å². The zero-order valence-electron chi connectivity index (χ0n) is 6.00. The van der Waals surface area contributed by atoms with Crippen LogP contribution in [-0.2, 0) is 9.09 Å². The van der Waals surface area contributed by atoms with Gasteiger partial charge in [0, 0.05) is 0 Å². The fourth-order valence-electron chi connectivity index (χ4n) is 0.334. The molecule has 0 aliphatic heterocycles. The van der Waals surface area contributed by atoms with Crippen molar-refractivity contribution in [3.63, 3.8) is 0 Å². The van der Waals surface area contributed by atoms with E-state index in [9.17, 15) is 4.57 Å². The summed E-state index contributed by atoms with van der Waals surface area (Å²) >= 11 is 0.